The molecule has 1 heterocycles. The Kier molecular flexibility index (Phi) is 4.40. The van der Waals surface area contributed by atoms with Gasteiger partial charge in [0, 0.05) is 30.3 Å². The van der Waals surface area contributed by atoms with Crippen LogP contribution in [0.5, 0.6) is 0 Å². The molecule has 0 radical (unpaired) electrons. The number of fused-ring (bicyclic) bond motifs is 1. The normalized spacial score (nSPS) is 14.5. The van der Waals surface area contributed by atoms with Crippen LogP contribution in [-0.4, -0.2) is 10.8 Å². The van der Waals surface area contributed by atoms with Crippen molar-refractivity contribution in [2.24, 2.45) is 0 Å². The molecule has 0 bridgehead atoms. The zero-order chi connectivity index (χ0) is 17.3. The Morgan fingerprint density at radius 2 is 2.04 bits per heavy atom. The van der Waals surface area contributed by atoms with E-state index in [1.165, 1.54) is 12.1 Å². The van der Waals surface area contributed by atoms with E-state index in [2.05, 4.69) is 16.7 Å². The molecular weight excluding hydrogens is 330 g/mol. The average Bonchev–Trinajstić information content (AvgIpc) is 2.55. The van der Waals surface area contributed by atoms with Crippen LogP contribution in [0.4, 0.5) is 17.1 Å². The zero-order valence-corrected chi connectivity index (χ0v) is 13.8. The van der Waals surface area contributed by atoms with Gasteiger partial charge < -0.3 is 10.6 Å². The molecule has 0 aromatic heterocycles. The summed E-state index contributed by atoms with van der Waals surface area (Å²) in [5.41, 5.74) is 3.62. The summed E-state index contributed by atoms with van der Waals surface area (Å²) in [6.45, 7) is 1.99. The highest BCUT2D eigenvalue weighted by Crippen LogP contribution is 2.31. The van der Waals surface area contributed by atoms with Crippen molar-refractivity contribution in [3.63, 3.8) is 0 Å². The van der Waals surface area contributed by atoms with E-state index >= 15 is 0 Å². The molecule has 0 aliphatic carbocycles. The van der Waals surface area contributed by atoms with Crippen molar-refractivity contribution in [2.75, 3.05) is 10.6 Å². The van der Waals surface area contributed by atoms with Crippen LogP contribution in [0.1, 0.15) is 30.5 Å². The fraction of sp³-hybridized carbons (Fsp3) is 0.235. The minimum absolute atomic E-state index is 0.0353. The van der Waals surface area contributed by atoms with Gasteiger partial charge in [0.2, 0.25) is 5.91 Å². The molecule has 24 heavy (non-hydrogen) atoms. The first-order valence-electron chi connectivity index (χ1n) is 7.57. The third-order valence-electron chi connectivity index (χ3n) is 4.06. The summed E-state index contributed by atoms with van der Waals surface area (Å²) in [7, 11) is 0. The summed E-state index contributed by atoms with van der Waals surface area (Å²) < 4.78 is 0. The molecule has 124 valence electrons. The number of nitrogens with zero attached hydrogens (tertiary/aromatic N) is 1. The van der Waals surface area contributed by atoms with Gasteiger partial charge in [-0.3, -0.25) is 14.9 Å². The van der Waals surface area contributed by atoms with Gasteiger partial charge in [-0.05, 0) is 36.6 Å². The molecule has 2 N–H and O–H groups in total. The van der Waals surface area contributed by atoms with E-state index in [1.807, 2.05) is 19.1 Å². The first-order chi connectivity index (χ1) is 11.4. The Bertz CT molecular complexity index is 823. The van der Waals surface area contributed by atoms with Crippen molar-refractivity contribution in [2.45, 2.75) is 25.8 Å². The van der Waals surface area contributed by atoms with Crippen LogP contribution in [0.2, 0.25) is 5.02 Å². The number of carbonyl (C=O) groups is 1. The number of anilines is 2. The summed E-state index contributed by atoms with van der Waals surface area (Å²) in [5, 5.41) is 17.2. The number of benzene rings is 2. The average molecular weight is 346 g/mol. The fourth-order valence-corrected chi connectivity index (χ4v) is 2.95. The van der Waals surface area contributed by atoms with Crippen molar-refractivity contribution in [3.05, 3.63) is 62.7 Å². The van der Waals surface area contributed by atoms with Crippen molar-refractivity contribution in [1.82, 2.24) is 0 Å². The van der Waals surface area contributed by atoms with Gasteiger partial charge in [0.15, 0.2) is 0 Å². The monoisotopic (exact) mass is 345 g/mol. The molecule has 1 aliphatic rings. The van der Waals surface area contributed by atoms with Crippen LogP contribution < -0.4 is 10.6 Å². The largest absolute Gasteiger partial charge is 0.377 e. The van der Waals surface area contributed by atoms with Crippen molar-refractivity contribution in [1.29, 1.82) is 0 Å². The molecule has 0 spiro atoms. The van der Waals surface area contributed by atoms with Gasteiger partial charge in [-0.25, -0.2) is 0 Å². The lowest BCUT2D eigenvalue weighted by molar-refractivity contribution is -0.384. The number of non-ortho nitro benzene ring substituents is 1. The summed E-state index contributed by atoms with van der Waals surface area (Å²) >= 11 is 6.12. The van der Waals surface area contributed by atoms with Crippen LogP contribution in [0.15, 0.2) is 36.4 Å². The second kappa shape index (κ2) is 6.49. The van der Waals surface area contributed by atoms with E-state index in [-0.39, 0.29) is 17.6 Å². The van der Waals surface area contributed by atoms with E-state index in [0.29, 0.717) is 17.1 Å². The second-order valence-corrected chi connectivity index (χ2v) is 6.16. The summed E-state index contributed by atoms with van der Waals surface area (Å²) in [4.78, 5) is 21.7. The lowest BCUT2D eigenvalue weighted by Gasteiger charge is -2.21. The molecular formula is C17H16ClN3O3. The molecule has 0 saturated heterocycles. The van der Waals surface area contributed by atoms with Crippen LogP contribution in [0.25, 0.3) is 0 Å². The Morgan fingerprint density at radius 1 is 1.25 bits per heavy atom. The third kappa shape index (κ3) is 3.33. The number of carbonyl (C=O) groups excluding carboxylic acids is 1. The van der Waals surface area contributed by atoms with Crippen LogP contribution in [0.3, 0.4) is 0 Å². The van der Waals surface area contributed by atoms with Gasteiger partial charge in [-0.2, -0.15) is 0 Å². The topological polar surface area (TPSA) is 84.3 Å². The fourth-order valence-electron chi connectivity index (χ4n) is 2.72. The molecule has 1 unspecified atom stereocenters. The maximum absolute atomic E-state index is 11.4. The molecule has 2 aromatic carbocycles. The Balaban J connectivity index is 1.79. The SMILES string of the molecule is CC(Nc1ccc([N+](=O)[O-])cc1Cl)c1ccc2c(c1)CCC(=O)N2. The molecule has 1 amide bonds. The predicted octanol–water partition coefficient (Wildman–Crippen LogP) is 4.31. The van der Waals surface area contributed by atoms with Gasteiger partial charge >= 0.3 is 0 Å². The molecule has 1 atom stereocenters. The summed E-state index contributed by atoms with van der Waals surface area (Å²) in [6.07, 6.45) is 1.21. The summed E-state index contributed by atoms with van der Waals surface area (Å²) in [5.74, 6) is 0.0408. The number of amides is 1. The Hall–Kier alpha value is -2.60. The highest BCUT2D eigenvalue weighted by atomic mass is 35.5. The highest BCUT2D eigenvalue weighted by molar-refractivity contribution is 6.33. The second-order valence-electron chi connectivity index (χ2n) is 5.75. The van der Waals surface area contributed by atoms with Gasteiger partial charge in [-0.15, -0.1) is 0 Å². The number of nitro benzene ring substituents is 1. The predicted molar refractivity (Wildman–Crippen MR) is 93.5 cm³/mol. The Morgan fingerprint density at radius 3 is 2.75 bits per heavy atom. The number of nitro groups is 1. The molecule has 0 fully saturated rings. The molecule has 6 nitrogen and oxygen atoms in total. The number of aryl methyl sites for hydroxylation is 1. The minimum atomic E-state index is -0.475. The van der Waals surface area contributed by atoms with Gasteiger partial charge in [0.25, 0.3) is 5.69 Å². The van der Waals surface area contributed by atoms with Crippen molar-refractivity contribution >= 4 is 34.6 Å². The zero-order valence-electron chi connectivity index (χ0n) is 13.0. The number of hydrogen-bond acceptors (Lipinski definition) is 4. The lowest BCUT2D eigenvalue weighted by atomic mass is 9.97. The number of nitrogens with one attached hydrogen (secondary N) is 2. The quantitative estimate of drug-likeness (QED) is 0.639. The van der Waals surface area contributed by atoms with Crippen LogP contribution in [0, 0.1) is 10.1 Å². The first kappa shape index (κ1) is 16.3. The summed E-state index contributed by atoms with van der Waals surface area (Å²) in [6, 6.07) is 10.2. The first-order valence-corrected chi connectivity index (χ1v) is 7.95. The Labute approximate surface area is 144 Å². The molecule has 7 heteroatoms. The van der Waals surface area contributed by atoms with E-state index < -0.39 is 4.92 Å². The van der Waals surface area contributed by atoms with Gasteiger partial charge in [0.05, 0.1) is 15.6 Å². The molecule has 3 rings (SSSR count). The van der Waals surface area contributed by atoms with Gasteiger partial charge in [0.1, 0.15) is 0 Å². The lowest BCUT2D eigenvalue weighted by Crippen LogP contribution is -2.19. The van der Waals surface area contributed by atoms with E-state index in [0.717, 1.165) is 23.2 Å². The van der Waals surface area contributed by atoms with Crippen LogP contribution in [-0.2, 0) is 11.2 Å². The maximum atomic E-state index is 11.4. The third-order valence-corrected chi connectivity index (χ3v) is 4.37. The number of hydrogen-bond donors (Lipinski definition) is 2. The van der Waals surface area contributed by atoms with E-state index in [1.54, 1.807) is 6.07 Å². The van der Waals surface area contributed by atoms with Gasteiger partial charge in [-0.1, -0.05) is 23.7 Å². The molecule has 2 aromatic rings. The molecule has 1 aliphatic heterocycles. The van der Waals surface area contributed by atoms with E-state index in [4.69, 9.17) is 11.6 Å². The standard InChI is InChI=1S/C17H16ClN3O3/c1-10(19-16-6-4-13(21(23)24)9-14(16)18)11-2-5-15-12(8-11)3-7-17(22)20-15/h2,4-6,8-10,19H,3,7H2,1H3,(H,20,22). The minimum Gasteiger partial charge on any atom is -0.377 e. The van der Waals surface area contributed by atoms with Crippen LogP contribution >= 0.6 is 11.6 Å². The number of rotatable bonds is 4. The number of halogens is 1. The van der Waals surface area contributed by atoms with E-state index in [9.17, 15) is 14.9 Å². The smallest absolute Gasteiger partial charge is 0.271 e. The molecule has 0 saturated carbocycles. The highest BCUT2D eigenvalue weighted by Gasteiger charge is 2.17. The maximum Gasteiger partial charge on any atom is 0.271 e. The van der Waals surface area contributed by atoms with Crippen molar-refractivity contribution < 1.29 is 9.72 Å². The van der Waals surface area contributed by atoms with Crippen molar-refractivity contribution in [3.8, 4) is 0 Å².